The van der Waals surface area contributed by atoms with E-state index in [1.54, 1.807) is 12.1 Å². The summed E-state index contributed by atoms with van der Waals surface area (Å²) < 4.78 is 23.0. The van der Waals surface area contributed by atoms with Crippen molar-refractivity contribution in [2.75, 3.05) is 19.8 Å². The fraction of sp³-hybridized carbons (Fsp3) is 0.333. The van der Waals surface area contributed by atoms with Crippen LogP contribution in [0.4, 0.5) is 0 Å². The van der Waals surface area contributed by atoms with Crippen LogP contribution in [-0.4, -0.2) is 28.3 Å². The second-order valence-corrected chi connectivity index (χ2v) is 5.59. The van der Waals surface area contributed by atoms with E-state index >= 15 is 0 Å². The highest BCUT2D eigenvalue weighted by Gasteiger charge is 2.09. The zero-order chi connectivity index (χ0) is 12.0. The molecule has 0 radical (unpaired) electrons. The number of hydrogen-bond acceptors (Lipinski definition) is 3. The van der Waals surface area contributed by atoms with Gasteiger partial charge in [-0.05, 0) is 31.6 Å². The molecule has 0 aliphatic rings. The van der Waals surface area contributed by atoms with E-state index in [1.807, 2.05) is 31.3 Å². The quantitative estimate of drug-likeness (QED) is 0.796. The molecule has 1 aromatic rings. The van der Waals surface area contributed by atoms with Crippen molar-refractivity contribution in [3.8, 4) is 0 Å². The minimum absolute atomic E-state index is 0.385. The van der Waals surface area contributed by atoms with Gasteiger partial charge in [0.15, 0.2) is 9.84 Å². The van der Waals surface area contributed by atoms with Crippen LogP contribution in [0.25, 0.3) is 6.08 Å². The minimum Gasteiger partial charge on any atom is -0.319 e. The average molecular weight is 239 g/mol. The molecule has 16 heavy (non-hydrogen) atoms. The summed E-state index contributed by atoms with van der Waals surface area (Å²) in [6, 6.07) is 7.02. The van der Waals surface area contributed by atoms with Crippen LogP contribution < -0.4 is 5.32 Å². The molecule has 1 N–H and O–H groups in total. The van der Waals surface area contributed by atoms with E-state index < -0.39 is 9.84 Å². The van der Waals surface area contributed by atoms with Crippen molar-refractivity contribution in [2.24, 2.45) is 0 Å². The zero-order valence-electron chi connectivity index (χ0n) is 9.60. The summed E-state index contributed by atoms with van der Waals surface area (Å²) in [6.45, 7) is 0.886. The zero-order valence-corrected chi connectivity index (χ0v) is 10.4. The Hall–Kier alpha value is -1.13. The molecule has 4 heteroatoms. The summed E-state index contributed by atoms with van der Waals surface area (Å²) in [5.74, 6) is 0. The molecule has 0 aromatic heterocycles. The fourth-order valence-corrected chi connectivity index (χ4v) is 2.28. The molecule has 0 atom stereocenters. The number of rotatable bonds is 5. The third kappa shape index (κ3) is 3.79. The monoisotopic (exact) mass is 239 g/mol. The van der Waals surface area contributed by atoms with Gasteiger partial charge in [-0.25, -0.2) is 8.42 Å². The van der Waals surface area contributed by atoms with Crippen LogP contribution in [-0.2, 0) is 9.84 Å². The molecule has 1 rings (SSSR count). The summed E-state index contributed by atoms with van der Waals surface area (Å²) in [7, 11) is -1.26. The van der Waals surface area contributed by atoms with Crippen LogP contribution >= 0.6 is 0 Å². The third-order valence-electron chi connectivity index (χ3n) is 2.18. The molecule has 0 saturated carbocycles. The van der Waals surface area contributed by atoms with Gasteiger partial charge in [-0.15, -0.1) is 0 Å². The summed E-state index contributed by atoms with van der Waals surface area (Å²) >= 11 is 0. The van der Waals surface area contributed by atoms with Gasteiger partial charge in [0.25, 0.3) is 0 Å². The molecule has 3 nitrogen and oxygen atoms in total. The Morgan fingerprint density at radius 2 is 2.00 bits per heavy atom. The molecule has 0 aliphatic carbocycles. The molecular weight excluding hydrogens is 222 g/mol. The second kappa shape index (κ2) is 5.82. The predicted molar refractivity (Wildman–Crippen MR) is 67.1 cm³/mol. The van der Waals surface area contributed by atoms with Crippen molar-refractivity contribution in [1.29, 1.82) is 0 Å². The molecule has 0 bridgehead atoms. The fourth-order valence-electron chi connectivity index (χ4n) is 1.39. The summed E-state index contributed by atoms with van der Waals surface area (Å²) in [6.07, 6.45) is 5.94. The van der Waals surface area contributed by atoms with Crippen molar-refractivity contribution < 1.29 is 8.42 Å². The van der Waals surface area contributed by atoms with Gasteiger partial charge in [0, 0.05) is 6.26 Å². The molecule has 0 heterocycles. The number of nitrogens with one attached hydrogen (secondary N) is 1. The SMILES string of the molecule is CNCCC=Cc1ccccc1S(C)(=O)=O. The van der Waals surface area contributed by atoms with E-state index in [-0.39, 0.29) is 0 Å². The maximum atomic E-state index is 11.5. The highest BCUT2D eigenvalue weighted by Crippen LogP contribution is 2.16. The Bertz CT molecular complexity index is 464. The van der Waals surface area contributed by atoms with Crippen LogP contribution in [0.2, 0.25) is 0 Å². The lowest BCUT2D eigenvalue weighted by atomic mass is 10.2. The first-order valence-corrected chi connectivity index (χ1v) is 7.05. The predicted octanol–water partition coefficient (Wildman–Crippen LogP) is 1.71. The van der Waals surface area contributed by atoms with Gasteiger partial charge in [0.05, 0.1) is 4.90 Å². The van der Waals surface area contributed by atoms with Crippen molar-refractivity contribution in [2.45, 2.75) is 11.3 Å². The van der Waals surface area contributed by atoms with E-state index in [4.69, 9.17) is 0 Å². The normalized spacial score (nSPS) is 12.1. The van der Waals surface area contributed by atoms with Crippen molar-refractivity contribution >= 4 is 15.9 Å². The van der Waals surface area contributed by atoms with Crippen LogP contribution in [0.1, 0.15) is 12.0 Å². The van der Waals surface area contributed by atoms with E-state index in [2.05, 4.69) is 5.32 Å². The van der Waals surface area contributed by atoms with Gasteiger partial charge in [-0.2, -0.15) is 0 Å². The number of sulfone groups is 1. The summed E-state index contributed by atoms with van der Waals surface area (Å²) in [4.78, 5) is 0.385. The molecule has 1 aromatic carbocycles. The van der Waals surface area contributed by atoms with Gasteiger partial charge in [-0.1, -0.05) is 30.4 Å². The molecule has 0 saturated heterocycles. The molecule has 0 unspecified atom stereocenters. The van der Waals surface area contributed by atoms with Crippen molar-refractivity contribution in [1.82, 2.24) is 5.32 Å². The van der Waals surface area contributed by atoms with Crippen LogP contribution in [0, 0.1) is 0 Å². The first kappa shape index (κ1) is 12.9. The molecule has 0 aliphatic heterocycles. The van der Waals surface area contributed by atoms with E-state index in [1.165, 1.54) is 6.26 Å². The Balaban J connectivity index is 2.92. The minimum atomic E-state index is -3.14. The van der Waals surface area contributed by atoms with Crippen LogP contribution in [0.15, 0.2) is 35.2 Å². The lowest BCUT2D eigenvalue weighted by molar-refractivity contribution is 0.601. The average Bonchev–Trinajstić information content (AvgIpc) is 2.24. The van der Waals surface area contributed by atoms with E-state index in [0.717, 1.165) is 18.5 Å². The Kier molecular flexibility index (Phi) is 4.71. The van der Waals surface area contributed by atoms with E-state index in [9.17, 15) is 8.42 Å². The second-order valence-electron chi connectivity index (χ2n) is 3.60. The lowest BCUT2D eigenvalue weighted by Crippen LogP contribution is -2.05. The number of hydrogen-bond donors (Lipinski definition) is 1. The van der Waals surface area contributed by atoms with Gasteiger partial charge < -0.3 is 5.32 Å². The van der Waals surface area contributed by atoms with Gasteiger partial charge in [0.1, 0.15) is 0 Å². The summed E-state index contributed by atoms with van der Waals surface area (Å²) in [5.41, 5.74) is 0.751. The Morgan fingerprint density at radius 1 is 1.31 bits per heavy atom. The Morgan fingerprint density at radius 3 is 2.62 bits per heavy atom. The maximum absolute atomic E-state index is 11.5. The third-order valence-corrected chi connectivity index (χ3v) is 3.35. The van der Waals surface area contributed by atoms with Crippen molar-refractivity contribution in [3.05, 3.63) is 35.9 Å². The first-order chi connectivity index (χ1) is 7.55. The Labute approximate surface area is 97.1 Å². The van der Waals surface area contributed by atoms with Crippen LogP contribution in [0.5, 0.6) is 0 Å². The smallest absolute Gasteiger partial charge is 0.176 e. The first-order valence-electron chi connectivity index (χ1n) is 5.16. The van der Waals surface area contributed by atoms with E-state index in [0.29, 0.717) is 4.90 Å². The van der Waals surface area contributed by atoms with Crippen LogP contribution in [0.3, 0.4) is 0 Å². The lowest BCUT2D eigenvalue weighted by Gasteiger charge is -2.02. The molecule has 0 fully saturated rings. The highest BCUT2D eigenvalue weighted by atomic mass is 32.2. The molecule has 88 valence electrons. The van der Waals surface area contributed by atoms with Gasteiger partial charge in [-0.3, -0.25) is 0 Å². The topological polar surface area (TPSA) is 46.2 Å². The molecular formula is C12H17NO2S. The number of benzene rings is 1. The van der Waals surface area contributed by atoms with Gasteiger partial charge >= 0.3 is 0 Å². The standard InChI is InChI=1S/C12H17NO2S/c1-13-10-6-5-8-11-7-3-4-9-12(11)16(2,14)15/h3-5,7-9,13H,6,10H2,1-2H3. The highest BCUT2D eigenvalue weighted by molar-refractivity contribution is 7.90. The molecule has 0 amide bonds. The van der Waals surface area contributed by atoms with Gasteiger partial charge in [0.2, 0.25) is 0 Å². The molecule has 0 spiro atoms. The maximum Gasteiger partial charge on any atom is 0.176 e. The summed E-state index contributed by atoms with van der Waals surface area (Å²) in [5, 5.41) is 3.03. The van der Waals surface area contributed by atoms with Crippen molar-refractivity contribution in [3.63, 3.8) is 0 Å². The largest absolute Gasteiger partial charge is 0.319 e.